The van der Waals surface area contributed by atoms with Crippen LogP contribution in [0.25, 0.3) is 0 Å². The van der Waals surface area contributed by atoms with Crippen molar-refractivity contribution in [1.82, 2.24) is 0 Å². The molecule has 0 aliphatic rings. The molecule has 0 atom stereocenters. The number of hydrogen-bond donors (Lipinski definition) is 2. The average molecular weight is 377 g/mol. The van der Waals surface area contributed by atoms with Gasteiger partial charge in [0, 0.05) is 10.7 Å². The van der Waals surface area contributed by atoms with Crippen LogP contribution >= 0.6 is 11.6 Å². The molecule has 0 spiro atoms. The van der Waals surface area contributed by atoms with Crippen molar-refractivity contribution in [3.63, 3.8) is 0 Å². The molecule has 7 nitrogen and oxygen atoms in total. The molecule has 0 amide bonds. The third-order valence-electron chi connectivity index (χ3n) is 2.85. The van der Waals surface area contributed by atoms with E-state index in [0.717, 1.165) is 0 Å². The number of benzene rings is 2. The maximum absolute atomic E-state index is 12.4. The molecular formula is C13H13ClN2O5S2. The number of methoxy groups -OCH3 is 1. The summed E-state index contributed by atoms with van der Waals surface area (Å²) in [6.07, 6.45) is 0. The number of hydrogen-bond acceptors (Lipinski definition) is 5. The Balaban J connectivity index is 2.37. The van der Waals surface area contributed by atoms with Crippen LogP contribution in [0.15, 0.2) is 52.3 Å². The first-order chi connectivity index (χ1) is 10.6. The second-order valence-corrected chi connectivity index (χ2v) is 8.12. The van der Waals surface area contributed by atoms with Crippen molar-refractivity contribution in [1.29, 1.82) is 0 Å². The molecule has 124 valence electrons. The Labute approximate surface area is 139 Å². The van der Waals surface area contributed by atoms with E-state index in [2.05, 4.69) is 4.72 Å². The number of halogens is 1. The molecule has 23 heavy (non-hydrogen) atoms. The predicted octanol–water partition coefficient (Wildman–Crippen LogP) is 1.80. The molecule has 0 unspecified atom stereocenters. The minimum absolute atomic E-state index is 0.124. The molecule has 2 aromatic rings. The lowest BCUT2D eigenvalue weighted by Gasteiger charge is -2.12. The summed E-state index contributed by atoms with van der Waals surface area (Å²) in [6.45, 7) is 0. The highest BCUT2D eigenvalue weighted by atomic mass is 35.5. The lowest BCUT2D eigenvalue weighted by Crippen LogP contribution is -2.15. The lowest BCUT2D eigenvalue weighted by atomic mass is 10.3. The molecule has 0 saturated carbocycles. The van der Waals surface area contributed by atoms with Gasteiger partial charge in [0.2, 0.25) is 10.0 Å². The maximum Gasteiger partial charge on any atom is 0.265 e. The van der Waals surface area contributed by atoms with Crippen molar-refractivity contribution in [3.05, 3.63) is 47.5 Å². The molecule has 0 aliphatic carbocycles. The fourth-order valence-corrected chi connectivity index (χ4v) is 3.79. The van der Waals surface area contributed by atoms with Crippen LogP contribution in [0, 0.1) is 0 Å². The van der Waals surface area contributed by atoms with Gasteiger partial charge in [-0.05, 0) is 42.5 Å². The summed E-state index contributed by atoms with van der Waals surface area (Å²) in [4.78, 5) is -0.260. The molecule has 0 aliphatic heterocycles. The van der Waals surface area contributed by atoms with Crippen LogP contribution in [0.2, 0.25) is 5.02 Å². The Hall–Kier alpha value is -1.81. The van der Waals surface area contributed by atoms with Gasteiger partial charge >= 0.3 is 0 Å². The zero-order valence-electron chi connectivity index (χ0n) is 11.9. The van der Waals surface area contributed by atoms with Crippen LogP contribution in [0.1, 0.15) is 0 Å². The summed E-state index contributed by atoms with van der Waals surface area (Å²) in [5.41, 5.74) is 0.166. The third-order valence-corrected chi connectivity index (χ3v) is 5.42. The normalized spacial score (nSPS) is 12.0. The van der Waals surface area contributed by atoms with Crippen molar-refractivity contribution < 1.29 is 21.6 Å². The van der Waals surface area contributed by atoms with Crippen molar-refractivity contribution in [2.45, 2.75) is 9.79 Å². The molecule has 10 heteroatoms. The summed E-state index contributed by atoms with van der Waals surface area (Å²) in [6, 6.07) is 9.15. The highest BCUT2D eigenvalue weighted by Crippen LogP contribution is 2.28. The largest absolute Gasteiger partial charge is 0.495 e. The van der Waals surface area contributed by atoms with E-state index in [4.69, 9.17) is 21.5 Å². The fraction of sp³-hybridized carbons (Fsp3) is 0.0769. The third kappa shape index (κ3) is 4.14. The summed E-state index contributed by atoms with van der Waals surface area (Å²) in [7, 11) is -6.48. The number of nitrogens with two attached hydrogens (primary N) is 1. The second-order valence-electron chi connectivity index (χ2n) is 4.47. The zero-order chi connectivity index (χ0) is 17.3. The topological polar surface area (TPSA) is 116 Å². The van der Waals surface area contributed by atoms with Gasteiger partial charge < -0.3 is 4.74 Å². The lowest BCUT2D eigenvalue weighted by molar-refractivity contribution is 0.403. The number of primary sulfonamides is 1. The van der Waals surface area contributed by atoms with E-state index in [1.165, 1.54) is 49.6 Å². The second kappa shape index (κ2) is 6.36. The first-order valence-electron chi connectivity index (χ1n) is 6.13. The highest BCUT2D eigenvalue weighted by Gasteiger charge is 2.20. The van der Waals surface area contributed by atoms with Gasteiger partial charge in [-0.2, -0.15) is 0 Å². The quantitative estimate of drug-likeness (QED) is 0.825. The van der Waals surface area contributed by atoms with Crippen molar-refractivity contribution >= 4 is 37.3 Å². The molecule has 0 saturated heterocycles. The van der Waals surface area contributed by atoms with Gasteiger partial charge in [0.1, 0.15) is 10.6 Å². The van der Waals surface area contributed by atoms with Crippen LogP contribution in [0.4, 0.5) is 5.69 Å². The molecule has 0 radical (unpaired) electrons. The van der Waals surface area contributed by atoms with Gasteiger partial charge in [0.15, 0.2) is 0 Å². The molecule has 2 rings (SSSR count). The molecule has 0 heterocycles. The standard InChI is InChI=1S/C13H13ClN2O5S2/c1-21-12-7-2-9(14)8-13(12)23(19,20)16-10-3-5-11(6-4-10)22(15,17)18/h2-8,16H,1H3,(H2,15,17,18). The molecular weight excluding hydrogens is 364 g/mol. The molecule has 3 N–H and O–H groups in total. The first kappa shape index (κ1) is 17.5. The van der Waals surface area contributed by atoms with E-state index in [0.29, 0.717) is 0 Å². The van der Waals surface area contributed by atoms with Crippen molar-refractivity contribution in [2.24, 2.45) is 5.14 Å². The average Bonchev–Trinajstić information content (AvgIpc) is 2.46. The van der Waals surface area contributed by atoms with E-state index >= 15 is 0 Å². The van der Waals surface area contributed by atoms with Crippen LogP contribution < -0.4 is 14.6 Å². The number of rotatable bonds is 5. The van der Waals surface area contributed by atoms with Gasteiger partial charge in [0.25, 0.3) is 10.0 Å². The van der Waals surface area contributed by atoms with E-state index in [1.807, 2.05) is 0 Å². The van der Waals surface area contributed by atoms with Crippen LogP contribution in [-0.4, -0.2) is 23.9 Å². The minimum atomic E-state index is -3.97. The van der Waals surface area contributed by atoms with Gasteiger partial charge in [-0.25, -0.2) is 22.0 Å². The van der Waals surface area contributed by atoms with E-state index in [9.17, 15) is 16.8 Å². The summed E-state index contributed by atoms with van der Waals surface area (Å²) in [5, 5.41) is 5.21. The summed E-state index contributed by atoms with van der Waals surface area (Å²) >= 11 is 5.83. The molecule has 0 bridgehead atoms. The van der Waals surface area contributed by atoms with Gasteiger partial charge in [0.05, 0.1) is 12.0 Å². The highest BCUT2D eigenvalue weighted by molar-refractivity contribution is 7.92. The summed E-state index contributed by atoms with van der Waals surface area (Å²) < 4.78 is 54.5. The summed E-state index contributed by atoms with van der Waals surface area (Å²) in [5.74, 6) is 0.128. The monoisotopic (exact) mass is 376 g/mol. The fourth-order valence-electron chi connectivity index (χ4n) is 1.78. The Morgan fingerprint density at radius 3 is 2.17 bits per heavy atom. The van der Waals surface area contributed by atoms with Crippen LogP contribution in [0.5, 0.6) is 5.75 Å². The van der Waals surface area contributed by atoms with E-state index < -0.39 is 20.0 Å². The van der Waals surface area contributed by atoms with E-state index in [1.54, 1.807) is 0 Å². The van der Waals surface area contributed by atoms with Gasteiger partial charge in [-0.15, -0.1) is 0 Å². The number of anilines is 1. The van der Waals surface area contributed by atoms with Crippen molar-refractivity contribution in [2.75, 3.05) is 11.8 Å². The maximum atomic E-state index is 12.4. The zero-order valence-corrected chi connectivity index (χ0v) is 14.2. The Bertz CT molecular complexity index is 925. The minimum Gasteiger partial charge on any atom is -0.495 e. The van der Waals surface area contributed by atoms with Gasteiger partial charge in [-0.3, -0.25) is 4.72 Å². The Morgan fingerprint density at radius 1 is 1.04 bits per heavy atom. The van der Waals surface area contributed by atoms with Crippen LogP contribution in [0.3, 0.4) is 0 Å². The molecule has 0 aromatic heterocycles. The number of ether oxygens (including phenoxy) is 1. The Morgan fingerprint density at radius 2 is 1.65 bits per heavy atom. The molecule has 2 aromatic carbocycles. The van der Waals surface area contributed by atoms with Crippen molar-refractivity contribution in [3.8, 4) is 5.75 Å². The smallest absolute Gasteiger partial charge is 0.265 e. The SMILES string of the molecule is COc1ccc(Cl)cc1S(=O)(=O)Nc1ccc(S(N)(=O)=O)cc1. The number of sulfonamides is 2. The Kier molecular flexibility index (Phi) is 4.85. The van der Waals surface area contributed by atoms with Gasteiger partial charge in [-0.1, -0.05) is 11.6 Å². The van der Waals surface area contributed by atoms with E-state index in [-0.39, 0.29) is 26.3 Å². The number of nitrogens with one attached hydrogen (secondary N) is 1. The molecule has 0 fully saturated rings. The predicted molar refractivity (Wildman–Crippen MR) is 86.6 cm³/mol. The van der Waals surface area contributed by atoms with Crippen LogP contribution in [-0.2, 0) is 20.0 Å². The first-order valence-corrected chi connectivity index (χ1v) is 9.53.